The number of likely N-dealkylation sites (N-methyl/N-ethyl adjacent to an activating group) is 1. The Kier molecular flexibility index (Phi) is 6.04. The highest BCUT2D eigenvalue weighted by Crippen LogP contribution is 2.25. The summed E-state index contributed by atoms with van der Waals surface area (Å²) in [5.74, 6) is -0.0993. The zero-order chi connectivity index (χ0) is 19.2. The van der Waals surface area contributed by atoms with Crippen molar-refractivity contribution >= 4 is 5.91 Å². The van der Waals surface area contributed by atoms with Crippen molar-refractivity contribution in [2.24, 2.45) is 0 Å². The fourth-order valence-electron chi connectivity index (χ4n) is 2.94. The minimum atomic E-state index is -0.0993. The van der Waals surface area contributed by atoms with E-state index in [4.69, 9.17) is 5.10 Å². The van der Waals surface area contributed by atoms with E-state index in [9.17, 15) is 4.79 Å². The molecule has 1 aromatic heterocycles. The standard InChI is InChI=1S/C22H26N4O/c1-16-9-10-19(13-17(16)2)21-20(22(27)24-12-11-23-3)15-26(25-21)14-18-7-5-4-6-8-18/h4-10,13,15,23H,11-12,14H2,1-3H3,(H,24,27). The van der Waals surface area contributed by atoms with Crippen LogP contribution in [-0.2, 0) is 6.54 Å². The van der Waals surface area contributed by atoms with Crippen LogP contribution >= 0.6 is 0 Å². The molecule has 2 aromatic carbocycles. The number of nitrogens with one attached hydrogen (secondary N) is 2. The van der Waals surface area contributed by atoms with Gasteiger partial charge in [-0.15, -0.1) is 0 Å². The maximum atomic E-state index is 12.7. The van der Waals surface area contributed by atoms with E-state index in [0.717, 1.165) is 23.4 Å². The molecule has 3 aromatic rings. The van der Waals surface area contributed by atoms with E-state index in [2.05, 4.69) is 48.7 Å². The van der Waals surface area contributed by atoms with Gasteiger partial charge in [0.2, 0.25) is 0 Å². The molecule has 0 atom stereocenters. The molecule has 0 aliphatic carbocycles. The molecule has 140 valence electrons. The second-order valence-corrected chi connectivity index (χ2v) is 6.73. The Hall–Kier alpha value is -2.92. The number of rotatable bonds is 7. The van der Waals surface area contributed by atoms with E-state index in [1.165, 1.54) is 11.1 Å². The van der Waals surface area contributed by atoms with Gasteiger partial charge >= 0.3 is 0 Å². The quantitative estimate of drug-likeness (QED) is 0.635. The molecule has 0 bridgehead atoms. The molecule has 1 heterocycles. The summed E-state index contributed by atoms with van der Waals surface area (Å²) in [6, 6.07) is 16.3. The average Bonchev–Trinajstić information content (AvgIpc) is 3.09. The van der Waals surface area contributed by atoms with Gasteiger partial charge in [-0.3, -0.25) is 9.48 Å². The first-order chi connectivity index (χ1) is 13.1. The minimum Gasteiger partial charge on any atom is -0.351 e. The highest BCUT2D eigenvalue weighted by Gasteiger charge is 2.18. The SMILES string of the molecule is CNCCNC(=O)c1cn(Cc2ccccc2)nc1-c1ccc(C)c(C)c1. The van der Waals surface area contributed by atoms with Crippen LogP contribution in [0.3, 0.4) is 0 Å². The molecule has 0 radical (unpaired) electrons. The molecule has 0 spiro atoms. The minimum absolute atomic E-state index is 0.0993. The summed E-state index contributed by atoms with van der Waals surface area (Å²) in [4.78, 5) is 12.7. The molecular weight excluding hydrogens is 336 g/mol. The number of aromatic nitrogens is 2. The summed E-state index contributed by atoms with van der Waals surface area (Å²) in [6.07, 6.45) is 1.84. The maximum Gasteiger partial charge on any atom is 0.255 e. The van der Waals surface area contributed by atoms with Gasteiger partial charge < -0.3 is 10.6 Å². The molecule has 0 aliphatic rings. The van der Waals surface area contributed by atoms with Crippen LogP contribution in [0.25, 0.3) is 11.3 Å². The first kappa shape index (κ1) is 18.9. The molecule has 27 heavy (non-hydrogen) atoms. The molecular formula is C22H26N4O. The number of carbonyl (C=O) groups is 1. The van der Waals surface area contributed by atoms with Gasteiger partial charge in [-0.2, -0.15) is 5.10 Å². The second kappa shape index (κ2) is 8.64. The van der Waals surface area contributed by atoms with E-state index < -0.39 is 0 Å². The molecule has 2 N–H and O–H groups in total. The molecule has 5 nitrogen and oxygen atoms in total. The first-order valence-corrected chi connectivity index (χ1v) is 9.20. The molecule has 5 heteroatoms. The van der Waals surface area contributed by atoms with E-state index in [-0.39, 0.29) is 5.91 Å². The first-order valence-electron chi connectivity index (χ1n) is 9.20. The molecule has 3 rings (SSSR count). The molecule has 0 saturated heterocycles. The Morgan fingerprint density at radius 1 is 1.04 bits per heavy atom. The van der Waals surface area contributed by atoms with Crippen LogP contribution in [0, 0.1) is 13.8 Å². The lowest BCUT2D eigenvalue weighted by Gasteiger charge is -2.07. The smallest absolute Gasteiger partial charge is 0.255 e. The van der Waals surface area contributed by atoms with Crippen molar-refractivity contribution in [2.45, 2.75) is 20.4 Å². The van der Waals surface area contributed by atoms with E-state index in [1.54, 1.807) is 0 Å². The van der Waals surface area contributed by atoms with Gasteiger partial charge in [0.25, 0.3) is 5.91 Å². The van der Waals surface area contributed by atoms with Crippen molar-refractivity contribution < 1.29 is 4.79 Å². The summed E-state index contributed by atoms with van der Waals surface area (Å²) in [7, 11) is 1.87. The number of hydrogen-bond donors (Lipinski definition) is 2. The van der Waals surface area contributed by atoms with Gasteiger partial charge in [-0.1, -0.05) is 42.5 Å². The van der Waals surface area contributed by atoms with Gasteiger partial charge in [0, 0.05) is 24.8 Å². The third kappa shape index (κ3) is 4.63. The fourth-order valence-corrected chi connectivity index (χ4v) is 2.94. The lowest BCUT2D eigenvalue weighted by atomic mass is 10.0. The average molecular weight is 362 g/mol. The maximum absolute atomic E-state index is 12.7. The Balaban J connectivity index is 1.95. The lowest BCUT2D eigenvalue weighted by molar-refractivity contribution is 0.0954. The van der Waals surface area contributed by atoms with Crippen molar-refractivity contribution in [3.8, 4) is 11.3 Å². The number of amides is 1. The predicted molar refractivity (Wildman–Crippen MR) is 109 cm³/mol. The zero-order valence-electron chi connectivity index (χ0n) is 16.1. The monoisotopic (exact) mass is 362 g/mol. The largest absolute Gasteiger partial charge is 0.351 e. The normalized spacial score (nSPS) is 10.8. The molecule has 0 aliphatic heterocycles. The van der Waals surface area contributed by atoms with E-state index >= 15 is 0 Å². The number of aryl methyl sites for hydroxylation is 2. The van der Waals surface area contributed by atoms with Gasteiger partial charge in [0.05, 0.1) is 12.1 Å². The summed E-state index contributed by atoms with van der Waals surface area (Å²) >= 11 is 0. The summed E-state index contributed by atoms with van der Waals surface area (Å²) < 4.78 is 1.84. The van der Waals surface area contributed by atoms with Crippen LogP contribution in [0.1, 0.15) is 27.0 Å². The van der Waals surface area contributed by atoms with E-state index in [0.29, 0.717) is 18.7 Å². The molecule has 0 saturated carbocycles. The molecule has 1 amide bonds. The Morgan fingerprint density at radius 2 is 1.81 bits per heavy atom. The van der Waals surface area contributed by atoms with Crippen molar-refractivity contribution in [1.82, 2.24) is 20.4 Å². The van der Waals surface area contributed by atoms with Crippen LogP contribution in [0.4, 0.5) is 0 Å². The van der Waals surface area contributed by atoms with Crippen LogP contribution < -0.4 is 10.6 Å². The Labute approximate surface area is 160 Å². The van der Waals surface area contributed by atoms with Crippen molar-refractivity contribution in [3.05, 3.63) is 77.0 Å². The van der Waals surface area contributed by atoms with Crippen molar-refractivity contribution in [2.75, 3.05) is 20.1 Å². The number of hydrogen-bond acceptors (Lipinski definition) is 3. The van der Waals surface area contributed by atoms with Crippen LogP contribution in [0.15, 0.2) is 54.7 Å². The summed E-state index contributed by atoms with van der Waals surface area (Å²) in [5.41, 5.74) is 5.84. The van der Waals surface area contributed by atoms with Crippen LogP contribution in [-0.4, -0.2) is 35.8 Å². The zero-order valence-corrected chi connectivity index (χ0v) is 16.1. The van der Waals surface area contributed by atoms with Gasteiger partial charge in [0.15, 0.2) is 0 Å². The van der Waals surface area contributed by atoms with Gasteiger partial charge in [-0.05, 0) is 43.7 Å². The summed E-state index contributed by atoms with van der Waals surface area (Å²) in [5, 5.41) is 10.7. The Morgan fingerprint density at radius 3 is 2.52 bits per heavy atom. The predicted octanol–water partition coefficient (Wildman–Crippen LogP) is 3.16. The third-order valence-electron chi connectivity index (χ3n) is 4.63. The van der Waals surface area contributed by atoms with Gasteiger partial charge in [0.1, 0.15) is 5.69 Å². The highest BCUT2D eigenvalue weighted by atomic mass is 16.1. The van der Waals surface area contributed by atoms with Crippen LogP contribution in [0.5, 0.6) is 0 Å². The third-order valence-corrected chi connectivity index (χ3v) is 4.63. The number of benzene rings is 2. The highest BCUT2D eigenvalue weighted by molar-refractivity contribution is 5.99. The number of carbonyl (C=O) groups excluding carboxylic acids is 1. The lowest BCUT2D eigenvalue weighted by Crippen LogP contribution is -2.30. The van der Waals surface area contributed by atoms with Crippen molar-refractivity contribution in [1.29, 1.82) is 0 Å². The second-order valence-electron chi connectivity index (χ2n) is 6.73. The topological polar surface area (TPSA) is 58.9 Å². The van der Waals surface area contributed by atoms with Crippen LogP contribution in [0.2, 0.25) is 0 Å². The van der Waals surface area contributed by atoms with E-state index in [1.807, 2.05) is 42.2 Å². The number of nitrogens with zero attached hydrogens (tertiary/aromatic N) is 2. The molecule has 0 unspecified atom stereocenters. The fraction of sp³-hybridized carbons (Fsp3) is 0.273. The molecule has 0 fully saturated rings. The summed E-state index contributed by atoms with van der Waals surface area (Å²) in [6.45, 7) is 6.09. The van der Waals surface area contributed by atoms with Crippen molar-refractivity contribution in [3.63, 3.8) is 0 Å². The Bertz CT molecular complexity index is 915. The van der Waals surface area contributed by atoms with Gasteiger partial charge in [-0.25, -0.2) is 0 Å².